The van der Waals surface area contributed by atoms with Gasteiger partial charge in [-0.3, -0.25) is 4.79 Å². The van der Waals surface area contributed by atoms with Crippen LogP contribution in [0.5, 0.6) is 5.75 Å². The Morgan fingerprint density at radius 1 is 1.29 bits per heavy atom. The van der Waals surface area contributed by atoms with Gasteiger partial charge in [0, 0.05) is 6.54 Å². The van der Waals surface area contributed by atoms with Crippen molar-refractivity contribution in [2.24, 2.45) is 0 Å². The summed E-state index contributed by atoms with van der Waals surface area (Å²) < 4.78 is 36.3. The van der Waals surface area contributed by atoms with Crippen LogP contribution in [0.1, 0.15) is 16.1 Å². The maximum Gasteiger partial charge on any atom is 0.274 e. The third-order valence-corrected chi connectivity index (χ3v) is 3.97. The van der Waals surface area contributed by atoms with Crippen molar-refractivity contribution in [1.29, 1.82) is 0 Å². The van der Waals surface area contributed by atoms with E-state index in [1.807, 2.05) is 25.1 Å². The Morgan fingerprint density at radius 3 is 2.76 bits per heavy atom. The summed E-state index contributed by atoms with van der Waals surface area (Å²) in [7, 11) is -3.77. The number of aldehydes is 1. The molecule has 0 aliphatic carbocycles. The Morgan fingerprint density at radius 2 is 2.10 bits per heavy atom. The van der Waals surface area contributed by atoms with Crippen molar-refractivity contribution in [3.63, 3.8) is 0 Å². The van der Waals surface area contributed by atoms with Gasteiger partial charge in [-0.25, -0.2) is 13.1 Å². The third-order valence-electron chi connectivity index (χ3n) is 2.64. The standard InChI is InChI=1S/C14H15NO5S/c1-11-3-2-4-12(9-11)19-8-7-15-21(17,18)14-6-5-13(10-16)20-14/h2-6,9-10,15H,7-8H2,1H3. The maximum atomic E-state index is 11.9. The number of aryl methyl sites for hydroxylation is 1. The monoisotopic (exact) mass is 309 g/mol. The van der Waals surface area contributed by atoms with Crippen LogP contribution in [0.3, 0.4) is 0 Å². The van der Waals surface area contributed by atoms with E-state index in [0.717, 1.165) is 5.56 Å². The van der Waals surface area contributed by atoms with E-state index in [9.17, 15) is 13.2 Å². The number of carbonyl (C=O) groups is 1. The van der Waals surface area contributed by atoms with E-state index in [2.05, 4.69) is 4.72 Å². The fourth-order valence-electron chi connectivity index (χ4n) is 1.66. The van der Waals surface area contributed by atoms with E-state index in [4.69, 9.17) is 9.15 Å². The molecule has 1 N–H and O–H groups in total. The van der Waals surface area contributed by atoms with Crippen LogP contribution < -0.4 is 9.46 Å². The van der Waals surface area contributed by atoms with Crippen LogP contribution in [-0.2, 0) is 10.0 Å². The lowest BCUT2D eigenvalue weighted by atomic mass is 10.2. The van der Waals surface area contributed by atoms with E-state index < -0.39 is 10.0 Å². The molecule has 0 saturated carbocycles. The van der Waals surface area contributed by atoms with Crippen LogP contribution in [0.2, 0.25) is 0 Å². The van der Waals surface area contributed by atoms with Gasteiger partial charge < -0.3 is 9.15 Å². The molecule has 2 rings (SSSR count). The van der Waals surface area contributed by atoms with Gasteiger partial charge in [-0.05, 0) is 36.8 Å². The van der Waals surface area contributed by atoms with Gasteiger partial charge in [-0.2, -0.15) is 0 Å². The predicted octanol–water partition coefficient (Wildman–Crippen LogP) is 1.76. The predicted molar refractivity (Wildman–Crippen MR) is 76.0 cm³/mol. The van der Waals surface area contributed by atoms with Gasteiger partial charge in [0.25, 0.3) is 10.0 Å². The lowest BCUT2D eigenvalue weighted by molar-refractivity contribution is 0.109. The van der Waals surface area contributed by atoms with Gasteiger partial charge in [0.15, 0.2) is 12.0 Å². The van der Waals surface area contributed by atoms with Crippen molar-refractivity contribution in [2.75, 3.05) is 13.2 Å². The molecule has 0 fully saturated rings. The summed E-state index contributed by atoms with van der Waals surface area (Å²) in [5.74, 6) is 0.641. The van der Waals surface area contributed by atoms with Crippen LogP contribution in [0.15, 0.2) is 45.9 Å². The molecule has 0 atom stereocenters. The number of furan rings is 1. The molecule has 0 saturated heterocycles. The molecule has 1 aromatic heterocycles. The molecule has 21 heavy (non-hydrogen) atoms. The number of benzene rings is 1. The number of rotatable bonds is 7. The average molecular weight is 309 g/mol. The number of hydrogen-bond donors (Lipinski definition) is 1. The lowest BCUT2D eigenvalue weighted by Crippen LogP contribution is -2.28. The van der Waals surface area contributed by atoms with Crippen molar-refractivity contribution < 1.29 is 22.4 Å². The minimum absolute atomic E-state index is 0.0358. The molecule has 6 nitrogen and oxygen atoms in total. The molecule has 0 amide bonds. The van der Waals surface area contributed by atoms with Crippen molar-refractivity contribution in [3.8, 4) is 5.75 Å². The van der Waals surface area contributed by atoms with Crippen LogP contribution in [0.25, 0.3) is 0 Å². The van der Waals surface area contributed by atoms with Crippen LogP contribution in [-0.4, -0.2) is 27.9 Å². The average Bonchev–Trinajstić information content (AvgIpc) is 2.93. The zero-order chi connectivity index (χ0) is 15.3. The van der Waals surface area contributed by atoms with Gasteiger partial charge in [0.05, 0.1) is 0 Å². The third kappa shape index (κ3) is 4.17. The molecule has 0 aliphatic rings. The van der Waals surface area contributed by atoms with E-state index >= 15 is 0 Å². The molecule has 0 spiro atoms. The van der Waals surface area contributed by atoms with Gasteiger partial charge in [-0.1, -0.05) is 12.1 Å². The zero-order valence-electron chi connectivity index (χ0n) is 11.4. The molecule has 0 radical (unpaired) electrons. The molecule has 0 aliphatic heterocycles. The summed E-state index contributed by atoms with van der Waals surface area (Å²) in [6, 6.07) is 9.98. The second kappa shape index (κ2) is 6.55. The quantitative estimate of drug-likeness (QED) is 0.622. The van der Waals surface area contributed by atoms with E-state index in [1.54, 1.807) is 6.07 Å². The maximum absolute atomic E-state index is 11.9. The number of carbonyl (C=O) groups excluding carboxylic acids is 1. The van der Waals surface area contributed by atoms with Crippen LogP contribution >= 0.6 is 0 Å². The Balaban J connectivity index is 1.86. The highest BCUT2D eigenvalue weighted by Gasteiger charge is 2.18. The SMILES string of the molecule is Cc1cccc(OCCNS(=O)(=O)c2ccc(C=O)o2)c1. The van der Waals surface area contributed by atoms with Gasteiger partial charge >= 0.3 is 0 Å². The van der Waals surface area contributed by atoms with E-state index in [-0.39, 0.29) is 24.0 Å². The molecule has 1 aromatic carbocycles. The fraction of sp³-hybridized carbons (Fsp3) is 0.214. The smallest absolute Gasteiger partial charge is 0.274 e. The molecule has 7 heteroatoms. The summed E-state index contributed by atoms with van der Waals surface area (Å²) in [6.45, 7) is 2.22. The van der Waals surface area contributed by atoms with Gasteiger partial charge in [0.1, 0.15) is 12.4 Å². The second-order valence-corrected chi connectivity index (χ2v) is 6.04. The van der Waals surface area contributed by atoms with Gasteiger partial charge in [0.2, 0.25) is 5.09 Å². The summed E-state index contributed by atoms with van der Waals surface area (Å²) in [5, 5.41) is -0.292. The molecule has 1 heterocycles. The van der Waals surface area contributed by atoms with E-state index in [1.165, 1.54) is 12.1 Å². The summed E-state index contributed by atoms with van der Waals surface area (Å²) in [5.41, 5.74) is 1.06. The largest absolute Gasteiger partial charge is 0.492 e. The first-order valence-electron chi connectivity index (χ1n) is 6.25. The molecular formula is C14H15NO5S. The van der Waals surface area contributed by atoms with Crippen molar-refractivity contribution in [3.05, 3.63) is 47.7 Å². The number of nitrogens with one attached hydrogen (secondary N) is 1. The zero-order valence-corrected chi connectivity index (χ0v) is 12.2. The lowest BCUT2D eigenvalue weighted by Gasteiger charge is -2.07. The normalized spacial score (nSPS) is 11.3. The summed E-state index contributed by atoms with van der Waals surface area (Å²) >= 11 is 0. The highest BCUT2D eigenvalue weighted by molar-refractivity contribution is 7.89. The fourth-order valence-corrected chi connectivity index (χ4v) is 2.61. The Labute approximate surface area is 122 Å². The molecule has 112 valence electrons. The number of sulfonamides is 1. The van der Waals surface area contributed by atoms with E-state index in [0.29, 0.717) is 12.0 Å². The minimum Gasteiger partial charge on any atom is -0.492 e. The molecule has 0 unspecified atom stereocenters. The summed E-state index contributed by atoms with van der Waals surface area (Å²) in [4.78, 5) is 10.5. The highest BCUT2D eigenvalue weighted by atomic mass is 32.2. The Kier molecular flexibility index (Phi) is 4.77. The van der Waals surface area contributed by atoms with Crippen LogP contribution in [0.4, 0.5) is 0 Å². The Hall–Kier alpha value is -2.12. The Bertz CT molecular complexity index is 720. The molecular weight excluding hydrogens is 294 g/mol. The minimum atomic E-state index is -3.77. The number of ether oxygens (including phenoxy) is 1. The molecule has 0 bridgehead atoms. The first-order valence-corrected chi connectivity index (χ1v) is 7.74. The number of hydrogen-bond acceptors (Lipinski definition) is 5. The highest BCUT2D eigenvalue weighted by Crippen LogP contribution is 2.13. The summed E-state index contributed by atoms with van der Waals surface area (Å²) in [6.07, 6.45) is 0.444. The van der Waals surface area contributed by atoms with Crippen LogP contribution in [0, 0.1) is 6.92 Å². The van der Waals surface area contributed by atoms with Gasteiger partial charge in [-0.15, -0.1) is 0 Å². The van der Waals surface area contributed by atoms with Crippen molar-refractivity contribution in [1.82, 2.24) is 4.72 Å². The van der Waals surface area contributed by atoms with Crippen molar-refractivity contribution in [2.45, 2.75) is 12.0 Å². The first-order chi connectivity index (χ1) is 10.0. The first kappa shape index (κ1) is 15.3. The van der Waals surface area contributed by atoms with Crippen molar-refractivity contribution >= 4 is 16.3 Å². The molecule has 2 aromatic rings. The topological polar surface area (TPSA) is 85.6 Å². The second-order valence-electron chi connectivity index (χ2n) is 4.34.